The van der Waals surface area contributed by atoms with E-state index in [0.717, 1.165) is 17.7 Å². The minimum absolute atomic E-state index is 0.0368. The molecular formula is C14H15NO5. The van der Waals surface area contributed by atoms with Gasteiger partial charge in [0.15, 0.2) is 6.04 Å². The molecule has 1 aromatic rings. The summed E-state index contributed by atoms with van der Waals surface area (Å²) >= 11 is 0. The highest BCUT2D eigenvalue weighted by Crippen LogP contribution is 2.26. The number of carboxylic acid groups (broad SMARTS) is 1. The molecule has 0 unspecified atom stereocenters. The van der Waals surface area contributed by atoms with Crippen molar-refractivity contribution in [3.05, 3.63) is 29.3 Å². The average Bonchev–Trinajstić information content (AvgIpc) is 2.93. The molecule has 1 aromatic carbocycles. The van der Waals surface area contributed by atoms with E-state index in [9.17, 15) is 9.59 Å². The molecule has 1 amide bonds. The van der Waals surface area contributed by atoms with Gasteiger partial charge in [0.05, 0.1) is 19.8 Å². The maximum Gasteiger partial charge on any atom is 0.328 e. The Balaban J connectivity index is 1.85. The van der Waals surface area contributed by atoms with Crippen LogP contribution in [0.1, 0.15) is 15.9 Å². The summed E-state index contributed by atoms with van der Waals surface area (Å²) in [6, 6.07) is 4.33. The third-order valence-corrected chi connectivity index (χ3v) is 3.61. The number of carboxylic acids is 1. The summed E-state index contributed by atoms with van der Waals surface area (Å²) in [6.45, 7) is 1.32. The normalized spacial score (nSPS) is 21.2. The standard InChI is InChI=1S/C14H15NO5/c16-13(15-4-6-19-8-11(15)14(17)18)10-1-2-12-9(7-10)3-5-20-12/h1-2,7,11H,3-6,8H2,(H,17,18)/t11-/m1/s1. The summed E-state index contributed by atoms with van der Waals surface area (Å²) in [4.78, 5) is 25.0. The first-order valence-electron chi connectivity index (χ1n) is 6.54. The molecule has 3 rings (SSSR count). The van der Waals surface area contributed by atoms with E-state index in [2.05, 4.69) is 0 Å². The van der Waals surface area contributed by atoms with Gasteiger partial charge in [0.25, 0.3) is 5.91 Å². The fourth-order valence-corrected chi connectivity index (χ4v) is 2.54. The Morgan fingerprint density at radius 1 is 1.30 bits per heavy atom. The van der Waals surface area contributed by atoms with E-state index in [4.69, 9.17) is 14.6 Å². The Morgan fingerprint density at radius 3 is 2.95 bits per heavy atom. The zero-order valence-electron chi connectivity index (χ0n) is 10.9. The monoisotopic (exact) mass is 277 g/mol. The lowest BCUT2D eigenvalue weighted by Gasteiger charge is -2.32. The number of aliphatic carboxylic acids is 1. The van der Waals surface area contributed by atoms with Crippen molar-refractivity contribution in [1.82, 2.24) is 4.90 Å². The molecule has 1 atom stereocenters. The summed E-state index contributed by atoms with van der Waals surface area (Å²) in [5.74, 6) is -0.503. The van der Waals surface area contributed by atoms with Crippen LogP contribution in [0.15, 0.2) is 18.2 Å². The maximum absolute atomic E-state index is 12.5. The highest BCUT2D eigenvalue weighted by atomic mass is 16.5. The predicted molar refractivity (Wildman–Crippen MR) is 68.9 cm³/mol. The number of nitrogens with zero attached hydrogens (tertiary/aromatic N) is 1. The van der Waals surface area contributed by atoms with E-state index in [1.54, 1.807) is 18.2 Å². The third-order valence-electron chi connectivity index (χ3n) is 3.61. The third kappa shape index (κ3) is 2.22. The number of morpholine rings is 1. The molecule has 0 spiro atoms. The summed E-state index contributed by atoms with van der Waals surface area (Å²) in [5.41, 5.74) is 1.50. The molecule has 6 heteroatoms. The van der Waals surface area contributed by atoms with Gasteiger partial charge >= 0.3 is 5.97 Å². The van der Waals surface area contributed by atoms with Crippen LogP contribution in [0.25, 0.3) is 0 Å². The van der Waals surface area contributed by atoms with Gasteiger partial charge in [-0.25, -0.2) is 4.79 Å². The fraction of sp³-hybridized carbons (Fsp3) is 0.429. The van der Waals surface area contributed by atoms with Crippen molar-refractivity contribution in [2.75, 3.05) is 26.4 Å². The maximum atomic E-state index is 12.5. The van der Waals surface area contributed by atoms with Gasteiger partial charge in [-0.2, -0.15) is 0 Å². The first-order chi connectivity index (χ1) is 9.66. The van der Waals surface area contributed by atoms with Crippen molar-refractivity contribution in [3.63, 3.8) is 0 Å². The number of benzene rings is 1. The molecule has 2 heterocycles. The van der Waals surface area contributed by atoms with Gasteiger partial charge in [0.2, 0.25) is 0 Å². The fourth-order valence-electron chi connectivity index (χ4n) is 2.54. The molecule has 1 N–H and O–H groups in total. The average molecular weight is 277 g/mol. The Bertz CT molecular complexity index is 556. The van der Waals surface area contributed by atoms with E-state index in [-0.39, 0.29) is 12.5 Å². The summed E-state index contributed by atoms with van der Waals surface area (Å²) in [7, 11) is 0. The van der Waals surface area contributed by atoms with Crippen LogP contribution >= 0.6 is 0 Å². The number of hydrogen-bond donors (Lipinski definition) is 1. The molecule has 20 heavy (non-hydrogen) atoms. The zero-order valence-corrected chi connectivity index (χ0v) is 10.9. The van der Waals surface area contributed by atoms with Crippen molar-refractivity contribution >= 4 is 11.9 Å². The van der Waals surface area contributed by atoms with Crippen molar-refractivity contribution in [1.29, 1.82) is 0 Å². The molecule has 2 aliphatic heterocycles. The van der Waals surface area contributed by atoms with Gasteiger partial charge in [-0.15, -0.1) is 0 Å². The molecule has 0 bridgehead atoms. The Kier molecular flexibility index (Phi) is 3.31. The molecule has 1 fully saturated rings. The minimum Gasteiger partial charge on any atom is -0.493 e. The summed E-state index contributed by atoms with van der Waals surface area (Å²) < 4.78 is 10.5. The number of amides is 1. The molecule has 0 aliphatic carbocycles. The molecule has 6 nitrogen and oxygen atoms in total. The van der Waals surface area contributed by atoms with Crippen LogP contribution < -0.4 is 4.74 Å². The highest BCUT2D eigenvalue weighted by Gasteiger charge is 2.33. The van der Waals surface area contributed by atoms with Crippen molar-refractivity contribution in [2.45, 2.75) is 12.5 Å². The number of carbonyl (C=O) groups is 2. The second-order valence-electron chi connectivity index (χ2n) is 4.85. The van der Waals surface area contributed by atoms with E-state index in [1.807, 2.05) is 0 Å². The van der Waals surface area contributed by atoms with E-state index in [0.29, 0.717) is 25.3 Å². The molecule has 0 aromatic heterocycles. The van der Waals surface area contributed by atoms with Gasteiger partial charge in [-0.3, -0.25) is 4.79 Å². The minimum atomic E-state index is -1.04. The molecule has 0 radical (unpaired) electrons. The number of hydrogen-bond acceptors (Lipinski definition) is 4. The van der Waals surface area contributed by atoms with Gasteiger partial charge in [0.1, 0.15) is 5.75 Å². The van der Waals surface area contributed by atoms with Crippen LogP contribution in [0.4, 0.5) is 0 Å². The molecular weight excluding hydrogens is 262 g/mol. The first kappa shape index (κ1) is 12.9. The van der Waals surface area contributed by atoms with Crippen LogP contribution in [-0.2, 0) is 16.0 Å². The van der Waals surface area contributed by atoms with E-state index < -0.39 is 12.0 Å². The second-order valence-corrected chi connectivity index (χ2v) is 4.85. The lowest BCUT2D eigenvalue weighted by atomic mass is 10.1. The van der Waals surface area contributed by atoms with Crippen molar-refractivity contribution < 1.29 is 24.2 Å². The van der Waals surface area contributed by atoms with Crippen molar-refractivity contribution in [2.24, 2.45) is 0 Å². The molecule has 0 saturated carbocycles. The number of rotatable bonds is 2. The van der Waals surface area contributed by atoms with Crippen LogP contribution in [0.3, 0.4) is 0 Å². The topological polar surface area (TPSA) is 76.1 Å². The van der Waals surface area contributed by atoms with Gasteiger partial charge in [-0.05, 0) is 23.8 Å². The van der Waals surface area contributed by atoms with Crippen LogP contribution in [0.5, 0.6) is 5.75 Å². The highest BCUT2D eigenvalue weighted by molar-refractivity contribution is 5.97. The van der Waals surface area contributed by atoms with E-state index >= 15 is 0 Å². The zero-order chi connectivity index (χ0) is 14.1. The quantitative estimate of drug-likeness (QED) is 0.854. The Morgan fingerprint density at radius 2 is 2.15 bits per heavy atom. The number of ether oxygens (including phenoxy) is 2. The second kappa shape index (κ2) is 5.13. The summed E-state index contributed by atoms with van der Waals surface area (Å²) in [5, 5.41) is 9.17. The van der Waals surface area contributed by atoms with Crippen LogP contribution in [0, 0.1) is 0 Å². The Labute approximate surface area is 115 Å². The van der Waals surface area contributed by atoms with Crippen molar-refractivity contribution in [3.8, 4) is 5.75 Å². The molecule has 106 valence electrons. The SMILES string of the molecule is O=C(O)[C@H]1COCCN1C(=O)c1ccc2c(c1)CCO2. The van der Waals surface area contributed by atoms with Crippen LogP contribution in [-0.4, -0.2) is 54.3 Å². The van der Waals surface area contributed by atoms with Crippen LogP contribution in [0.2, 0.25) is 0 Å². The summed E-state index contributed by atoms with van der Waals surface area (Å²) in [6.07, 6.45) is 0.780. The lowest BCUT2D eigenvalue weighted by molar-refractivity contribution is -0.147. The lowest BCUT2D eigenvalue weighted by Crippen LogP contribution is -2.52. The van der Waals surface area contributed by atoms with Gasteiger partial charge < -0.3 is 19.5 Å². The first-order valence-corrected chi connectivity index (χ1v) is 6.54. The largest absolute Gasteiger partial charge is 0.493 e. The predicted octanol–water partition coefficient (Wildman–Crippen LogP) is 0.547. The number of carbonyl (C=O) groups excluding carboxylic acids is 1. The molecule has 2 aliphatic rings. The Hall–Kier alpha value is -2.08. The van der Waals surface area contributed by atoms with Gasteiger partial charge in [-0.1, -0.05) is 0 Å². The smallest absolute Gasteiger partial charge is 0.328 e. The number of fused-ring (bicyclic) bond motifs is 1. The van der Waals surface area contributed by atoms with Gasteiger partial charge in [0, 0.05) is 18.5 Å². The molecule has 1 saturated heterocycles. The van der Waals surface area contributed by atoms with E-state index in [1.165, 1.54) is 4.90 Å².